The maximum Gasteiger partial charge on any atom is 0.338 e. The van der Waals surface area contributed by atoms with Gasteiger partial charge < -0.3 is 9.84 Å². The SMILES string of the molecule is COC(=O)C(C)(O)CSc1cccc(F)c1. The number of thioether (sulfide) groups is 1. The van der Waals surface area contributed by atoms with Gasteiger partial charge in [0.2, 0.25) is 0 Å². The Morgan fingerprint density at radius 3 is 2.88 bits per heavy atom. The fourth-order valence-electron chi connectivity index (χ4n) is 1.06. The number of halogens is 1. The molecule has 1 aromatic rings. The van der Waals surface area contributed by atoms with Crippen LogP contribution < -0.4 is 0 Å². The van der Waals surface area contributed by atoms with Gasteiger partial charge in [-0.15, -0.1) is 11.8 Å². The number of aliphatic hydroxyl groups is 1. The topological polar surface area (TPSA) is 46.5 Å². The van der Waals surface area contributed by atoms with Gasteiger partial charge in [-0.1, -0.05) is 6.07 Å². The molecule has 88 valence electrons. The molecular formula is C11H13FO3S. The highest BCUT2D eigenvalue weighted by Crippen LogP contribution is 2.23. The largest absolute Gasteiger partial charge is 0.467 e. The lowest BCUT2D eigenvalue weighted by molar-refractivity contribution is -0.158. The summed E-state index contributed by atoms with van der Waals surface area (Å²) < 4.78 is 17.3. The molecule has 0 fully saturated rings. The van der Waals surface area contributed by atoms with Crippen LogP contribution >= 0.6 is 11.8 Å². The maximum atomic E-state index is 12.8. The molecule has 0 saturated heterocycles. The number of carbonyl (C=O) groups is 1. The Morgan fingerprint density at radius 1 is 1.62 bits per heavy atom. The molecule has 1 unspecified atom stereocenters. The molecule has 0 aliphatic heterocycles. The molecule has 0 bridgehead atoms. The van der Waals surface area contributed by atoms with Gasteiger partial charge in [0.05, 0.1) is 7.11 Å². The van der Waals surface area contributed by atoms with E-state index in [-0.39, 0.29) is 11.6 Å². The normalized spacial score (nSPS) is 14.2. The van der Waals surface area contributed by atoms with Crippen molar-refractivity contribution in [3.63, 3.8) is 0 Å². The van der Waals surface area contributed by atoms with Crippen LogP contribution in [0.5, 0.6) is 0 Å². The summed E-state index contributed by atoms with van der Waals surface area (Å²) in [5.74, 6) is -0.928. The second-order valence-electron chi connectivity index (χ2n) is 3.51. The summed E-state index contributed by atoms with van der Waals surface area (Å²) in [6, 6.07) is 5.96. The molecule has 1 aromatic carbocycles. The van der Waals surface area contributed by atoms with Gasteiger partial charge in [0.25, 0.3) is 0 Å². The van der Waals surface area contributed by atoms with Gasteiger partial charge in [-0.2, -0.15) is 0 Å². The summed E-state index contributed by atoms with van der Waals surface area (Å²) in [7, 11) is 1.21. The standard InChI is InChI=1S/C11H13FO3S/c1-11(14,10(13)15-2)7-16-9-5-3-4-8(12)6-9/h3-6,14H,7H2,1-2H3. The molecule has 16 heavy (non-hydrogen) atoms. The Balaban J connectivity index is 2.61. The number of hydrogen-bond acceptors (Lipinski definition) is 4. The van der Waals surface area contributed by atoms with Crippen molar-refractivity contribution in [3.05, 3.63) is 30.1 Å². The van der Waals surface area contributed by atoms with E-state index in [1.54, 1.807) is 12.1 Å². The first-order chi connectivity index (χ1) is 7.45. The van der Waals surface area contributed by atoms with Crippen molar-refractivity contribution in [3.8, 4) is 0 Å². The van der Waals surface area contributed by atoms with Gasteiger partial charge in [-0.3, -0.25) is 0 Å². The van der Waals surface area contributed by atoms with Crippen LogP contribution in [0.3, 0.4) is 0 Å². The van der Waals surface area contributed by atoms with Crippen LogP contribution in [0, 0.1) is 5.82 Å². The van der Waals surface area contributed by atoms with Crippen molar-refractivity contribution < 1.29 is 19.0 Å². The van der Waals surface area contributed by atoms with Crippen LogP contribution in [0.2, 0.25) is 0 Å². The Morgan fingerprint density at radius 2 is 2.31 bits per heavy atom. The van der Waals surface area contributed by atoms with Gasteiger partial charge in [0, 0.05) is 10.6 Å². The number of carbonyl (C=O) groups excluding carboxylic acids is 1. The molecule has 0 aliphatic rings. The third-order valence-electron chi connectivity index (χ3n) is 1.94. The molecule has 0 amide bonds. The number of benzene rings is 1. The van der Waals surface area contributed by atoms with Crippen LogP contribution in [0.15, 0.2) is 29.2 Å². The predicted molar refractivity (Wildman–Crippen MR) is 59.8 cm³/mol. The molecule has 0 spiro atoms. The first-order valence-corrected chi connectivity index (χ1v) is 5.63. The van der Waals surface area contributed by atoms with Crippen LogP contribution in [-0.4, -0.2) is 29.5 Å². The van der Waals surface area contributed by atoms with Gasteiger partial charge in [0.1, 0.15) is 5.82 Å². The van der Waals surface area contributed by atoms with Gasteiger partial charge in [0.15, 0.2) is 5.60 Å². The fourth-order valence-corrected chi connectivity index (χ4v) is 2.00. The highest BCUT2D eigenvalue weighted by atomic mass is 32.2. The van der Waals surface area contributed by atoms with Gasteiger partial charge >= 0.3 is 5.97 Å². The lowest BCUT2D eigenvalue weighted by atomic mass is 10.1. The molecule has 0 aliphatic carbocycles. The van der Waals surface area contributed by atoms with E-state index in [0.717, 1.165) is 0 Å². The zero-order chi connectivity index (χ0) is 12.2. The second kappa shape index (κ2) is 5.32. The van der Waals surface area contributed by atoms with Gasteiger partial charge in [-0.05, 0) is 25.1 Å². The highest BCUT2D eigenvalue weighted by molar-refractivity contribution is 7.99. The third-order valence-corrected chi connectivity index (χ3v) is 3.23. The van der Waals surface area contributed by atoms with E-state index >= 15 is 0 Å². The molecule has 0 heterocycles. The van der Waals surface area contributed by atoms with Crippen molar-refractivity contribution in [1.29, 1.82) is 0 Å². The van der Waals surface area contributed by atoms with Crippen molar-refractivity contribution in [2.75, 3.05) is 12.9 Å². The van der Waals surface area contributed by atoms with Gasteiger partial charge in [-0.25, -0.2) is 9.18 Å². The van der Waals surface area contributed by atoms with Crippen molar-refractivity contribution >= 4 is 17.7 Å². The average Bonchev–Trinajstić information content (AvgIpc) is 2.25. The number of ether oxygens (including phenoxy) is 1. The van der Waals surface area contributed by atoms with E-state index < -0.39 is 11.6 Å². The summed E-state index contributed by atoms with van der Waals surface area (Å²) in [5, 5.41) is 9.72. The minimum atomic E-state index is -1.56. The molecular weight excluding hydrogens is 231 g/mol. The maximum absolute atomic E-state index is 12.8. The lowest BCUT2D eigenvalue weighted by Crippen LogP contribution is -2.38. The third kappa shape index (κ3) is 3.50. The Bertz CT molecular complexity index is 379. The van der Waals surface area contributed by atoms with Crippen molar-refractivity contribution in [2.24, 2.45) is 0 Å². The number of methoxy groups -OCH3 is 1. The van der Waals surface area contributed by atoms with Crippen LogP contribution in [0.25, 0.3) is 0 Å². The fraction of sp³-hybridized carbons (Fsp3) is 0.364. The van der Waals surface area contributed by atoms with Crippen molar-refractivity contribution in [2.45, 2.75) is 17.4 Å². The highest BCUT2D eigenvalue weighted by Gasteiger charge is 2.31. The molecule has 0 radical (unpaired) electrons. The summed E-state index contributed by atoms with van der Waals surface area (Å²) in [4.78, 5) is 11.8. The van der Waals surface area contributed by atoms with E-state index in [2.05, 4.69) is 4.74 Å². The van der Waals surface area contributed by atoms with Crippen LogP contribution in [-0.2, 0) is 9.53 Å². The summed E-state index contributed by atoms with van der Waals surface area (Å²) in [6.45, 7) is 1.37. The summed E-state index contributed by atoms with van der Waals surface area (Å²) in [5.41, 5.74) is -1.56. The van der Waals surface area contributed by atoms with E-state index in [1.165, 1.54) is 37.9 Å². The molecule has 1 rings (SSSR count). The molecule has 3 nitrogen and oxygen atoms in total. The van der Waals surface area contributed by atoms with E-state index in [0.29, 0.717) is 4.90 Å². The molecule has 1 atom stereocenters. The van der Waals surface area contributed by atoms with Crippen LogP contribution in [0.4, 0.5) is 4.39 Å². The smallest absolute Gasteiger partial charge is 0.338 e. The average molecular weight is 244 g/mol. The number of hydrogen-bond donors (Lipinski definition) is 1. The quantitative estimate of drug-likeness (QED) is 0.648. The predicted octanol–water partition coefficient (Wildman–Crippen LogP) is 1.84. The first kappa shape index (κ1) is 13.0. The number of esters is 1. The molecule has 0 saturated carbocycles. The van der Waals surface area contributed by atoms with Crippen molar-refractivity contribution in [1.82, 2.24) is 0 Å². The Labute approximate surface area is 97.6 Å². The minimum absolute atomic E-state index is 0.114. The lowest BCUT2D eigenvalue weighted by Gasteiger charge is -2.19. The Kier molecular flexibility index (Phi) is 4.32. The Hall–Kier alpha value is -1.07. The molecule has 0 aromatic heterocycles. The minimum Gasteiger partial charge on any atom is -0.467 e. The van der Waals surface area contributed by atoms with E-state index in [4.69, 9.17) is 0 Å². The first-order valence-electron chi connectivity index (χ1n) is 4.65. The van der Waals surface area contributed by atoms with E-state index in [1.807, 2.05) is 0 Å². The van der Waals surface area contributed by atoms with E-state index in [9.17, 15) is 14.3 Å². The van der Waals surface area contributed by atoms with Crippen LogP contribution in [0.1, 0.15) is 6.92 Å². The summed E-state index contributed by atoms with van der Waals surface area (Å²) >= 11 is 1.19. The zero-order valence-corrected chi connectivity index (χ0v) is 9.88. The second-order valence-corrected chi connectivity index (χ2v) is 4.56. The zero-order valence-electron chi connectivity index (χ0n) is 9.07. The monoisotopic (exact) mass is 244 g/mol. The number of rotatable bonds is 4. The molecule has 1 N–H and O–H groups in total. The molecule has 5 heteroatoms. The summed E-state index contributed by atoms with van der Waals surface area (Å²) in [6.07, 6.45) is 0.